The molecule has 2 aromatic rings. The lowest BCUT2D eigenvalue weighted by Crippen LogP contribution is -2.38. The Bertz CT molecular complexity index is 709. The van der Waals surface area contributed by atoms with Gasteiger partial charge in [-0.25, -0.2) is 0 Å². The number of nitrogens with zero attached hydrogens (tertiary/aromatic N) is 1. The molecule has 1 aliphatic heterocycles. The summed E-state index contributed by atoms with van der Waals surface area (Å²) in [5.41, 5.74) is 1.24. The number of benzene rings is 2. The average molecular weight is 404 g/mol. The summed E-state index contributed by atoms with van der Waals surface area (Å²) >= 11 is 3.41. The Morgan fingerprint density at radius 3 is 2.56 bits per heavy atom. The van der Waals surface area contributed by atoms with Crippen molar-refractivity contribution in [1.29, 1.82) is 0 Å². The van der Waals surface area contributed by atoms with E-state index in [1.807, 2.05) is 41.3 Å². The van der Waals surface area contributed by atoms with Crippen LogP contribution in [0.4, 0.5) is 0 Å². The molecule has 5 heteroatoms. The van der Waals surface area contributed by atoms with Crippen molar-refractivity contribution in [1.82, 2.24) is 4.90 Å². The molecule has 2 aromatic carbocycles. The molecule has 1 saturated heterocycles. The van der Waals surface area contributed by atoms with Gasteiger partial charge in [-0.3, -0.25) is 4.79 Å². The van der Waals surface area contributed by atoms with Crippen LogP contribution in [0, 0.1) is 0 Å². The van der Waals surface area contributed by atoms with E-state index in [-0.39, 0.29) is 5.91 Å². The predicted molar refractivity (Wildman–Crippen MR) is 101 cm³/mol. The summed E-state index contributed by atoms with van der Waals surface area (Å²) in [7, 11) is 0. The van der Waals surface area contributed by atoms with E-state index in [0.29, 0.717) is 24.7 Å². The zero-order valence-corrected chi connectivity index (χ0v) is 15.6. The summed E-state index contributed by atoms with van der Waals surface area (Å²) < 4.78 is 6.61. The van der Waals surface area contributed by atoms with E-state index in [1.54, 1.807) is 12.1 Å². The first kappa shape index (κ1) is 17.8. The fourth-order valence-electron chi connectivity index (χ4n) is 3.18. The van der Waals surface area contributed by atoms with Gasteiger partial charge in [-0.1, -0.05) is 34.1 Å². The van der Waals surface area contributed by atoms with Gasteiger partial charge in [0.05, 0.1) is 13.0 Å². The van der Waals surface area contributed by atoms with Gasteiger partial charge in [0, 0.05) is 17.6 Å². The van der Waals surface area contributed by atoms with Gasteiger partial charge in [0.15, 0.2) is 0 Å². The molecule has 0 aliphatic carbocycles. The average Bonchev–Trinajstić information content (AvgIpc) is 2.62. The van der Waals surface area contributed by atoms with Gasteiger partial charge in [0.25, 0.3) is 0 Å². The Morgan fingerprint density at radius 2 is 1.88 bits per heavy atom. The van der Waals surface area contributed by atoms with Crippen LogP contribution in [0.5, 0.6) is 11.5 Å². The first-order valence-electron chi connectivity index (χ1n) is 8.57. The van der Waals surface area contributed by atoms with Crippen LogP contribution in [-0.2, 0) is 4.79 Å². The largest absolute Gasteiger partial charge is 0.508 e. The Kier molecular flexibility index (Phi) is 5.97. The second-order valence-electron chi connectivity index (χ2n) is 6.30. The summed E-state index contributed by atoms with van der Waals surface area (Å²) in [5, 5.41) is 9.38. The lowest BCUT2D eigenvalue weighted by Gasteiger charge is -2.32. The van der Waals surface area contributed by atoms with E-state index in [0.717, 1.165) is 36.2 Å². The normalized spacial score (nSPS) is 15.2. The second kappa shape index (κ2) is 8.39. The fraction of sp³-hybridized carbons (Fsp3) is 0.350. The maximum atomic E-state index is 12.3. The molecule has 1 N–H and O–H groups in total. The minimum absolute atomic E-state index is 0.152. The molecule has 1 heterocycles. The predicted octanol–water partition coefficient (Wildman–Crippen LogP) is 4.33. The van der Waals surface area contributed by atoms with Gasteiger partial charge in [-0.2, -0.15) is 0 Å². The Balaban J connectivity index is 1.43. The van der Waals surface area contributed by atoms with Crippen molar-refractivity contribution >= 4 is 21.8 Å². The number of ether oxygens (including phenoxy) is 1. The Labute approximate surface area is 156 Å². The number of halogens is 1. The van der Waals surface area contributed by atoms with Crippen molar-refractivity contribution in [2.75, 3.05) is 19.7 Å². The molecule has 25 heavy (non-hydrogen) atoms. The first-order chi connectivity index (χ1) is 12.1. The zero-order valence-electron chi connectivity index (χ0n) is 14.0. The van der Waals surface area contributed by atoms with Crippen molar-refractivity contribution < 1.29 is 14.6 Å². The topological polar surface area (TPSA) is 49.8 Å². The molecule has 132 valence electrons. The van der Waals surface area contributed by atoms with Crippen molar-refractivity contribution in [2.45, 2.75) is 25.2 Å². The van der Waals surface area contributed by atoms with Crippen LogP contribution < -0.4 is 4.74 Å². The van der Waals surface area contributed by atoms with Gasteiger partial charge in [-0.05, 0) is 54.7 Å². The molecule has 0 spiro atoms. The van der Waals surface area contributed by atoms with Crippen LogP contribution in [-0.4, -0.2) is 35.6 Å². The van der Waals surface area contributed by atoms with Crippen LogP contribution in [0.3, 0.4) is 0 Å². The smallest absolute Gasteiger partial charge is 0.225 e. The molecular formula is C20H22BrNO3. The van der Waals surface area contributed by atoms with Crippen LogP contribution in [0.2, 0.25) is 0 Å². The van der Waals surface area contributed by atoms with Gasteiger partial charge in [0.2, 0.25) is 5.91 Å². The number of aromatic hydroxyl groups is 1. The van der Waals surface area contributed by atoms with Crippen molar-refractivity contribution in [3.63, 3.8) is 0 Å². The summed E-state index contributed by atoms with van der Waals surface area (Å²) in [6.07, 6.45) is 2.32. The number of carbonyl (C=O) groups is 1. The highest BCUT2D eigenvalue weighted by molar-refractivity contribution is 9.10. The fourth-order valence-corrected chi connectivity index (χ4v) is 3.56. The van der Waals surface area contributed by atoms with Crippen molar-refractivity contribution in [3.8, 4) is 11.5 Å². The molecule has 0 saturated carbocycles. The van der Waals surface area contributed by atoms with Crippen LogP contribution in [0.1, 0.15) is 30.7 Å². The highest BCUT2D eigenvalue weighted by Crippen LogP contribution is 2.29. The van der Waals surface area contributed by atoms with E-state index < -0.39 is 0 Å². The molecule has 0 atom stereocenters. The molecule has 0 unspecified atom stereocenters. The number of likely N-dealkylation sites (tertiary alicyclic amines) is 1. The van der Waals surface area contributed by atoms with Crippen LogP contribution >= 0.6 is 15.9 Å². The molecule has 0 bridgehead atoms. The number of rotatable bonds is 5. The minimum Gasteiger partial charge on any atom is -0.508 e. The minimum atomic E-state index is 0.152. The highest BCUT2D eigenvalue weighted by atomic mass is 79.9. The molecule has 1 aliphatic rings. The molecular weight excluding hydrogens is 382 g/mol. The van der Waals surface area contributed by atoms with E-state index in [4.69, 9.17) is 4.74 Å². The molecule has 1 amide bonds. The first-order valence-corrected chi connectivity index (χ1v) is 9.36. The number of amides is 1. The molecule has 3 rings (SSSR count). The van der Waals surface area contributed by atoms with E-state index in [2.05, 4.69) is 15.9 Å². The number of hydrogen-bond donors (Lipinski definition) is 1. The summed E-state index contributed by atoms with van der Waals surface area (Å²) in [6.45, 7) is 1.95. The summed E-state index contributed by atoms with van der Waals surface area (Å²) in [4.78, 5) is 14.3. The zero-order chi connectivity index (χ0) is 17.6. The summed E-state index contributed by atoms with van der Waals surface area (Å²) in [6, 6.07) is 15.0. The highest BCUT2D eigenvalue weighted by Gasteiger charge is 2.23. The molecule has 0 radical (unpaired) electrons. The molecule has 1 fully saturated rings. The van der Waals surface area contributed by atoms with E-state index in [9.17, 15) is 9.90 Å². The van der Waals surface area contributed by atoms with Crippen LogP contribution in [0.25, 0.3) is 0 Å². The standard InChI is InChI=1S/C20H22BrNO3/c21-17-2-1-3-19(14-17)25-13-10-20(24)22-11-8-16(9-12-22)15-4-6-18(23)7-5-15/h1-7,14,16,23H,8-13H2. The van der Waals surface area contributed by atoms with Crippen molar-refractivity contribution in [2.24, 2.45) is 0 Å². The third kappa shape index (κ3) is 4.98. The maximum Gasteiger partial charge on any atom is 0.225 e. The quantitative estimate of drug-likeness (QED) is 0.807. The maximum absolute atomic E-state index is 12.3. The molecule has 4 nitrogen and oxygen atoms in total. The number of carbonyl (C=O) groups excluding carboxylic acids is 1. The molecule has 0 aromatic heterocycles. The Hall–Kier alpha value is -2.01. The lowest BCUT2D eigenvalue weighted by atomic mass is 9.89. The number of hydrogen-bond acceptors (Lipinski definition) is 3. The lowest BCUT2D eigenvalue weighted by molar-refractivity contribution is -0.132. The van der Waals surface area contributed by atoms with Gasteiger partial charge >= 0.3 is 0 Å². The third-order valence-corrected chi connectivity index (χ3v) is 5.09. The van der Waals surface area contributed by atoms with Gasteiger partial charge in [-0.15, -0.1) is 0 Å². The van der Waals surface area contributed by atoms with Crippen LogP contribution in [0.15, 0.2) is 53.0 Å². The van der Waals surface area contributed by atoms with E-state index in [1.165, 1.54) is 5.56 Å². The van der Waals surface area contributed by atoms with Gasteiger partial charge < -0.3 is 14.7 Å². The second-order valence-corrected chi connectivity index (χ2v) is 7.22. The Morgan fingerprint density at radius 1 is 1.16 bits per heavy atom. The summed E-state index contributed by atoms with van der Waals surface area (Å²) in [5.74, 6) is 1.68. The van der Waals surface area contributed by atoms with Crippen molar-refractivity contribution in [3.05, 3.63) is 58.6 Å². The number of phenols is 1. The third-order valence-electron chi connectivity index (χ3n) is 4.59. The number of piperidine rings is 1. The van der Waals surface area contributed by atoms with Gasteiger partial charge in [0.1, 0.15) is 11.5 Å². The monoisotopic (exact) mass is 403 g/mol. The SMILES string of the molecule is O=C(CCOc1cccc(Br)c1)N1CCC(c2ccc(O)cc2)CC1. The van der Waals surface area contributed by atoms with E-state index >= 15 is 0 Å². The number of phenolic OH excluding ortho intramolecular Hbond substituents is 1.